The number of imidazole rings is 1. The molecule has 0 aliphatic rings. The monoisotopic (exact) mass is 125 g/mol. The first kappa shape index (κ1) is 3.88. The molecule has 0 saturated heterocycles. The molecule has 0 unspecified atom stereocenters. The predicted octanol–water partition coefficient (Wildman–Crippen LogP) is -0.418. The fourth-order valence-corrected chi connectivity index (χ4v) is 0.392. The Balaban J connectivity index is 3.05. The molecule has 1 aromatic rings. The van der Waals surface area contributed by atoms with Gasteiger partial charge in [-0.25, -0.2) is 0 Å². The normalized spacial score (nSPS) is 9.00. The molecule has 0 radical (unpaired) electrons. The molecule has 0 aliphatic carbocycles. The second kappa shape index (κ2) is 1.44. The summed E-state index contributed by atoms with van der Waals surface area (Å²) in [5.41, 5.74) is 0. The van der Waals surface area contributed by atoms with Crippen molar-refractivity contribution in [3.8, 4) is 0 Å². The number of nitrogens with one attached hydrogen (secondary N) is 1. The molecule has 1 aromatic heterocycles. The van der Waals surface area contributed by atoms with Gasteiger partial charge >= 0.3 is 42.6 Å². The minimum atomic E-state index is 0.593. The Kier molecular flexibility index (Phi) is 0.928. The summed E-state index contributed by atoms with van der Waals surface area (Å²) in [7, 11) is 0. The second-order valence-corrected chi connectivity index (χ2v) is 1.32. The Morgan fingerprint density at radius 3 is 2.83 bits per heavy atom. The first-order chi connectivity index (χ1) is 2.89. The Morgan fingerprint density at radius 2 is 2.67 bits per heavy atom. The van der Waals surface area contributed by atoms with Crippen molar-refractivity contribution in [2.75, 3.05) is 0 Å². The van der Waals surface area contributed by atoms with Gasteiger partial charge in [0.1, 0.15) is 0 Å². The molecule has 0 amide bonds. The molecule has 0 aromatic carbocycles. The van der Waals surface area contributed by atoms with Gasteiger partial charge in [0.05, 0.1) is 0 Å². The molecule has 0 bridgehead atoms. The van der Waals surface area contributed by atoms with E-state index < -0.39 is 0 Å². The molecule has 3 heteroatoms. The van der Waals surface area contributed by atoms with Crippen LogP contribution in [0.2, 0.25) is 0 Å². The molecule has 0 saturated carbocycles. The van der Waals surface area contributed by atoms with E-state index in [1.165, 1.54) is 0 Å². The van der Waals surface area contributed by atoms with Crippen LogP contribution in [0, 0.1) is 0 Å². The van der Waals surface area contributed by atoms with Crippen LogP contribution in [0.1, 0.15) is 0 Å². The van der Waals surface area contributed by atoms with E-state index in [4.69, 9.17) is 0 Å². The van der Waals surface area contributed by atoms with Gasteiger partial charge < -0.3 is 0 Å². The van der Waals surface area contributed by atoms with Crippen LogP contribution in [0.4, 0.5) is 0 Å². The van der Waals surface area contributed by atoms with E-state index in [1.54, 1.807) is 12.4 Å². The zero-order valence-corrected chi connectivity index (χ0v) is 3.91. The summed E-state index contributed by atoms with van der Waals surface area (Å²) in [5, 5.41) is 0. The first-order valence-electron chi connectivity index (χ1n) is 1.51. The number of hydrogen-bond acceptors (Lipinski definition) is 1. The average molecular weight is 126 g/mol. The van der Waals surface area contributed by atoms with Crippen LogP contribution >= 0.6 is 0 Å². The molecule has 1 N–H and O–H groups in total. The van der Waals surface area contributed by atoms with Gasteiger partial charge in [-0.1, -0.05) is 0 Å². The van der Waals surface area contributed by atoms with E-state index >= 15 is 0 Å². The topological polar surface area (TPSA) is 28.7 Å². The van der Waals surface area contributed by atoms with Gasteiger partial charge in [-0.05, 0) is 0 Å². The van der Waals surface area contributed by atoms with Crippen molar-refractivity contribution in [2.24, 2.45) is 0 Å². The maximum absolute atomic E-state index is 4.31. The van der Waals surface area contributed by atoms with Gasteiger partial charge in [0.15, 0.2) is 0 Å². The SMILES string of the molecule is [Ni][c]1ncc[nH]1. The molecule has 0 spiro atoms. The third kappa shape index (κ3) is 0.602. The van der Waals surface area contributed by atoms with E-state index in [9.17, 15) is 0 Å². The summed E-state index contributed by atoms with van der Waals surface area (Å²) >= 11 is 4.31. The van der Waals surface area contributed by atoms with Crippen molar-refractivity contribution >= 4 is 4.79 Å². The maximum atomic E-state index is 4.31. The van der Waals surface area contributed by atoms with E-state index in [1.807, 2.05) is 0 Å². The summed E-state index contributed by atoms with van der Waals surface area (Å²) in [6, 6.07) is 0. The summed E-state index contributed by atoms with van der Waals surface area (Å²) < 4.78 is 0. The van der Waals surface area contributed by atoms with Crippen LogP contribution in [0.5, 0.6) is 0 Å². The summed E-state index contributed by atoms with van der Waals surface area (Å²) in [5.74, 6) is 0. The van der Waals surface area contributed by atoms with Crippen LogP contribution in [-0.2, 0) is 15.5 Å². The van der Waals surface area contributed by atoms with Crippen LogP contribution in [0.25, 0.3) is 0 Å². The number of nitrogens with zero attached hydrogens (tertiary/aromatic N) is 1. The Bertz CT molecular complexity index is 112. The van der Waals surface area contributed by atoms with Crippen molar-refractivity contribution in [1.29, 1.82) is 0 Å². The van der Waals surface area contributed by atoms with Gasteiger partial charge in [-0.3, -0.25) is 0 Å². The van der Waals surface area contributed by atoms with Gasteiger partial charge in [-0.15, -0.1) is 0 Å². The second-order valence-electron chi connectivity index (χ2n) is 0.851. The number of rotatable bonds is 0. The average Bonchev–Trinajstić information content (AvgIpc) is 1.86. The number of aromatic amines is 1. The molecule has 0 aliphatic heterocycles. The first-order valence-corrected chi connectivity index (χ1v) is 2.01. The summed E-state index contributed by atoms with van der Waals surface area (Å²) in [4.78, 5) is 7.01. The van der Waals surface area contributed by atoms with Crippen LogP contribution < -0.4 is 4.79 Å². The quantitative estimate of drug-likeness (QED) is 0.469. The fraction of sp³-hybridized carbons (Fsp3) is 0. The molecule has 6 heavy (non-hydrogen) atoms. The molecule has 2 nitrogen and oxygen atoms in total. The third-order valence-corrected chi connectivity index (χ3v) is 0.718. The van der Waals surface area contributed by atoms with Crippen molar-refractivity contribution < 1.29 is 15.5 Å². The Labute approximate surface area is 43.3 Å². The van der Waals surface area contributed by atoms with Crippen molar-refractivity contribution in [3.05, 3.63) is 12.4 Å². The van der Waals surface area contributed by atoms with Gasteiger partial charge in [0.25, 0.3) is 0 Å². The predicted molar refractivity (Wildman–Crippen MR) is 18.2 cm³/mol. The van der Waals surface area contributed by atoms with E-state index in [0.717, 1.165) is 0 Å². The number of H-pyrrole nitrogens is 1. The fourth-order valence-electron chi connectivity index (χ4n) is 0.236. The Hall–Kier alpha value is -0.296. The third-order valence-electron chi connectivity index (χ3n) is 0.448. The molecule has 1 rings (SSSR count). The van der Waals surface area contributed by atoms with Crippen molar-refractivity contribution in [1.82, 2.24) is 9.97 Å². The zero-order valence-electron chi connectivity index (χ0n) is 2.92. The number of aromatic nitrogens is 2. The zero-order chi connectivity index (χ0) is 4.41. The molecule has 1 heterocycles. The molecular formula is C3H3N2Ni. The van der Waals surface area contributed by atoms with Gasteiger partial charge in [0.2, 0.25) is 0 Å². The standard InChI is InChI=1S/C3H3N2.Ni/c1-2-5-3-4-1;/h1-2H,(H,4,5);. The Morgan fingerprint density at radius 1 is 1.83 bits per heavy atom. The van der Waals surface area contributed by atoms with E-state index in [2.05, 4.69) is 25.4 Å². The molecular weight excluding hydrogens is 123 g/mol. The van der Waals surface area contributed by atoms with Gasteiger partial charge in [0, 0.05) is 0 Å². The molecule has 0 atom stereocenters. The molecule has 35 valence electrons. The molecule has 0 fully saturated rings. The summed E-state index contributed by atoms with van der Waals surface area (Å²) in [6.45, 7) is 0. The van der Waals surface area contributed by atoms with Crippen molar-refractivity contribution in [2.45, 2.75) is 0 Å². The summed E-state index contributed by atoms with van der Waals surface area (Å²) in [6.07, 6.45) is 3.34. The van der Waals surface area contributed by atoms with E-state index in [-0.39, 0.29) is 0 Å². The van der Waals surface area contributed by atoms with Crippen LogP contribution in [0.15, 0.2) is 12.4 Å². The minimum absolute atomic E-state index is 0.593. The van der Waals surface area contributed by atoms with Gasteiger partial charge in [-0.2, -0.15) is 0 Å². The van der Waals surface area contributed by atoms with Crippen LogP contribution in [-0.4, -0.2) is 9.97 Å². The van der Waals surface area contributed by atoms with Crippen molar-refractivity contribution in [3.63, 3.8) is 0 Å². The van der Waals surface area contributed by atoms with Crippen LogP contribution in [0.3, 0.4) is 0 Å². The number of hydrogen-bond donors (Lipinski definition) is 1. The van der Waals surface area contributed by atoms with E-state index in [0.29, 0.717) is 4.79 Å².